The SMILES string of the molecule is O=C(NNC(=O)c1cccs1)c1ccc(NC(=O)C2CCCCC2)cc1. The molecular weight excluding hydrogens is 350 g/mol. The first-order valence-electron chi connectivity index (χ1n) is 8.68. The van der Waals surface area contributed by atoms with Gasteiger partial charge in [-0.25, -0.2) is 0 Å². The summed E-state index contributed by atoms with van der Waals surface area (Å²) in [5, 5.41) is 4.70. The second-order valence-electron chi connectivity index (χ2n) is 6.29. The first-order chi connectivity index (χ1) is 12.6. The van der Waals surface area contributed by atoms with Crippen molar-refractivity contribution in [2.75, 3.05) is 5.32 Å². The second-order valence-corrected chi connectivity index (χ2v) is 7.23. The molecule has 7 heteroatoms. The van der Waals surface area contributed by atoms with E-state index in [9.17, 15) is 14.4 Å². The van der Waals surface area contributed by atoms with Crippen LogP contribution in [0.3, 0.4) is 0 Å². The number of thiophene rings is 1. The highest BCUT2D eigenvalue weighted by Gasteiger charge is 2.21. The Morgan fingerprint density at radius 3 is 2.23 bits per heavy atom. The minimum absolute atomic E-state index is 0.0464. The third-order valence-corrected chi connectivity index (χ3v) is 5.29. The molecule has 1 heterocycles. The first-order valence-corrected chi connectivity index (χ1v) is 9.56. The predicted molar refractivity (Wildman–Crippen MR) is 101 cm³/mol. The van der Waals surface area contributed by atoms with Gasteiger partial charge >= 0.3 is 0 Å². The predicted octanol–water partition coefficient (Wildman–Crippen LogP) is 3.34. The van der Waals surface area contributed by atoms with Crippen LogP contribution in [0, 0.1) is 5.92 Å². The Morgan fingerprint density at radius 1 is 0.885 bits per heavy atom. The second kappa shape index (κ2) is 8.62. The van der Waals surface area contributed by atoms with E-state index in [4.69, 9.17) is 0 Å². The van der Waals surface area contributed by atoms with E-state index in [2.05, 4.69) is 16.2 Å². The van der Waals surface area contributed by atoms with Crippen molar-refractivity contribution in [1.29, 1.82) is 0 Å². The molecule has 1 aromatic carbocycles. The molecule has 0 radical (unpaired) electrons. The van der Waals surface area contributed by atoms with Crippen molar-refractivity contribution in [3.8, 4) is 0 Å². The molecule has 0 aliphatic heterocycles. The smallest absolute Gasteiger partial charge is 0.279 e. The number of hydrogen-bond acceptors (Lipinski definition) is 4. The highest BCUT2D eigenvalue weighted by Crippen LogP contribution is 2.25. The van der Waals surface area contributed by atoms with E-state index in [-0.39, 0.29) is 17.7 Å². The van der Waals surface area contributed by atoms with Crippen LogP contribution >= 0.6 is 11.3 Å². The number of hydrogen-bond donors (Lipinski definition) is 3. The van der Waals surface area contributed by atoms with Gasteiger partial charge in [0.05, 0.1) is 4.88 Å². The standard InChI is InChI=1S/C19H21N3O3S/c23-17(13-5-2-1-3-6-13)20-15-10-8-14(9-11-15)18(24)21-22-19(25)16-7-4-12-26-16/h4,7-13H,1-3,5-6H2,(H,20,23)(H,21,24)(H,22,25). The number of carbonyl (C=O) groups excluding carboxylic acids is 3. The van der Waals surface area contributed by atoms with Crippen LogP contribution in [0.15, 0.2) is 41.8 Å². The Balaban J connectivity index is 1.51. The topological polar surface area (TPSA) is 87.3 Å². The molecule has 0 spiro atoms. The Labute approximate surface area is 156 Å². The largest absolute Gasteiger partial charge is 0.326 e. The van der Waals surface area contributed by atoms with Gasteiger partial charge in [-0.15, -0.1) is 11.3 Å². The lowest BCUT2D eigenvalue weighted by Gasteiger charge is -2.20. The molecule has 3 amide bonds. The molecule has 3 rings (SSSR count). The number of carbonyl (C=O) groups is 3. The quantitative estimate of drug-likeness (QED) is 0.720. The molecule has 0 unspecified atom stereocenters. The van der Waals surface area contributed by atoms with Crippen molar-refractivity contribution in [1.82, 2.24) is 10.9 Å². The van der Waals surface area contributed by atoms with Gasteiger partial charge in [-0.05, 0) is 48.6 Å². The molecule has 1 aromatic heterocycles. The third kappa shape index (κ3) is 4.70. The van der Waals surface area contributed by atoms with Crippen LogP contribution in [0.4, 0.5) is 5.69 Å². The van der Waals surface area contributed by atoms with E-state index in [1.54, 1.807) is 41.8 Å². The molecule has 6 nitrogen and oxygen atoms in total. The van der Waals surface area contributed by atoms with E-state index in [1.165, 1.54) is 17.8 Å². The molecule has 2 aromatic rings. The zero-order valence-corrected chi connectivity index (χ0v) is 15.1. The minimum atomic E-state index is -0.417. The van der Waals surface area contributed by atoms with Crippen molar-refractivity contribution in [2.45, 2.75) is 32.1 Å². The van der Waals surface area contributed by atoms with E-state index >= 15 is 0 Å². The van der Waals surface area contributed by atoms with E-state index in [0.717, 1.165) is 25.7 Å². The lowest BCUT2D eigenvalue weighted by molar-refractivity contribution is -0.120. The number of nitrogens with one attached hydrogen (secondary N) is 3. The van der Waals surface area contributed by atoms with Gasteiger partial charge in [-0.1, -0.05) is 25.3 Å². The summed E-state index contributed by atoms with van der Waals surface area (Å²) in [6.45, 7) is 0. The van der Waals surface area contributed by atoms with Crippen molar-refractivity contribution in [3.63, 3.8) is 0 Å². The zero-order chi connectivity index (χ0) is 18.4. The van der Waals surface area contributed by atoms with Gasteiger partial charge in [0.15, 0.2) is 0 Å². The molecule has 0 bridgehead atoms. The highest BCUT2D eigenvalue weighted by molar-refractivity contribution is 7.12. The Bertz CT molecular complexity index is 766. The average molecular weight is 371 g/mol. The summed E-state index contributed by atoms with van der Waals surface area (Å²) in [5.74, 6) is -0.644. The first kappa shape index (κ1) is 18.1. The summed E-state index contributed by atoms with van der Waals surface area (Å²) in [4.78, 5) is 36.7. The van der Waals surface area contributed by atoms with Crippen molar-refractivity contribution < 1.29 is 14.4 Å². The maximum atomic E-state index is 12.2. The van der Waals surface area contributed by atoms with Gasteiger partial charge in [0, 0.05) is 17.2 Å². The minimum Gasteiger partial charge on any atom is -0.326 e. The van der Waals surface area contributed by atoms with E-state index in [0.29, 0.717) is 16.1 Å². The molecule has 1 fully saturated rings. The lowest BCUT2D eigenvalue weighted by Crippen LogP contribution is -2.41. The number of amides is 3. The molecule has 1 aliphatic carbocycles. The van der Waals surface area contributed by atoms with Crippen LogP contribution in [0.1, 0.15) is 52.1 Å². The van der Waals surface area contributed by atoms with Crippen LogP contribution < -0.4 is 16.2 Å². The highest BCUT2D eigenvalue weighted by atomic mass is 32.1. The van der Waals surface area contributed by atoms with Gasteiger partial charge < -0.3 is 5.32 Å². The molecule has 3 N–H and O–H groups in total. The summed E-state index contributed by atoms with van der Waals surface area (Å²) < 4.78 is 0. The van der Waals surface area contributed by atoms with Crippen LogP contribution in [0.25, 0.3) is 0 Å². The normalized spacial score (nSPS) is 14.5. The number of rotatable bonds is 4. The summed E-state index contributed by atoms with van der Waals surface area (Å²) in [7, 11) is 0. The van der Waals surface area contributed by atoms with Gasteiger partial charge in [0.1, 0.15) is 0 Å². The molecule has 136 valence electrons. The fourth-order valence-corrected chi connectivity index (χ4v) is 3.59. The summed E-state index contributed by atoms with van der Waals surface area (Å²) >= 11 is 1.29. The van der Waals surface area contributed by atoms with Crippen LogP contribution in [-0.4, -0.2) is 17.7 Å². The monoisotopic (exact) mass is 371 g/mol. The Morgan fingerprint density at radius 2 is 1.58 bits per heavy atom. The zero-order valence-electron chi connectivity index (χ0n) is 14.3. The van der Waals surface area contributed by atoms with Gasteiger partial charge in [-0.3, -0.25) is 25.2 Å². The van der Waals surface area contributed by atoms with Crippen LogP contribution in [0.2, 0.25) is 0 Å². The fraction of sp³-hybridized carbons (Fsp3) is 0.316. The van der Waals surface area contributed by atoms with Crippen molar-refractivity contribution >= 4 is 34.7 Å². The number of hydrazine groups is 1. The maximum Gasteiger partial charge on any atom is 0.279 e. The average Bonchev–Trinajstić information content (AvgIpc) is 3.22. The molecule has 26 heavy (non-hydrogen) atoms. The maximum absolute atomic E-state index is 12.2. The summed E-state index contributed by atoms with van der Waals surface area (Å²) in [6, 6.07) is 10.1. The third-order valence-electron chi connectivity index (χ3n) is 4.43. The molecule has 0 atom stereocenters. The van der Waals surface area contributed by atoms with Crippen LogP contribution in [0.5, 0.6) is 0 Å². The lowest BCUT2D eigenvalue weighted by atomic mass is 9.88. The van der Waals surface area contributed by atoms with Gasteiger partial charge in [0.2, 0.25) is 5.91 Å². The van der Waals surface area contributed by atoms with Crippen LogP contribution in [-0.2, 0) is 4.79 Å². The van der Waals surface area contributed by atoms with E-state index in [1.807, 2.05) is 0 Å². The Hall–Kier alpha value is -2.67. The van der Waals surface area contributed by atoms with Crippen molar-refractivity contribution in [3.05, 3.63) is 52.2 Å². The molecule has 1 aliphatic rings. The van der Waals surface area contributed by atoms with Crippen molar-refractivity contribution in [2.24, 2.45) is 5.92 Å². The molecule has 1 saturated carbocycles. The Kier molecular flexibility index (Phi) is 6.01. The fourth-order valence-electron chi connectivity index (χ4n) is 2.97. The summed E-state index contributed by atoms with van der Waals surface area (Å²) in [5.41, 5.74) is 5.82. The molecule has 0 saturated heterocycles. The number of anilines is 1. The van der Waals surface area contributed by atoms with E-state index < -0.39 is 5.91 Å². The number of benzene rings is 1. The van der Waals surface area contributed by atoms with Gasteiger partial charge in [0.25, 0.3) is 11.8 Å². The van der Waals surface area contributed by atoms with Gasteiger partial charge in [-0.2, -0.15) is 0 Å². The summed E-state index contributed by atoms with van der Waals surface area (Å²) in [6.07, 6.45) is 5.30. The molecular formula is C19H21N3O3S.